The average Bonchev–Trinajstić information content (AvgIpc) is 2.35. The first-order valence-electron chi connectivity index (χ1n) is 5.63. The monoisotopic (exact) mass is 300 g/mol. The fraction of sp³-hybridized carbons (Fsp3) is 0.417. The third kappa shape index (κ3) is 3.26. The van der Waals surface area contributed by atoms with E-state index in [-0.39, 0.29) is 17.6 Å². The second kappa shape index (κ2) is 5.60. The van der Waals surface area contributed by atoms with Gasteiger partial charge >= 0.3 is 0 Å². The Hall–Kier alpha value is -0.940. The second-order valence-corrected chi connectivity index (χ2v) is 5.00. The molecule has 5 heteroatoms. The molecule has 0 unspecified atom stereocenters. The van der Waals surface area contributed by atoms with Crippen LogP contribution in [0.15, 0.2) is 22.7 Å². The van der Waals surface area contributed by atoms with Crippen molar-refractivity contribution in [1.29, 1.82) is 0 Å². The Balaban J connectivity index is 1.99. The summed E-state index contributed by atoms with van der Waals surface area (Å²) in [5, 5.41) is 6.03. The van der Waals surface area contributed by atoms with Gasteiger partial charge in [0.05, 0.1) is 4.47 Å². The summed E-state index contributed by atoms with van der Waals surface area (Å²) in [4.78, 5) is 11.9. The Labute approximate surface area is 108 Å². The van der Waals surface area contributed by atoms with Crippen LogP contribution in [0.25, 0.3) is 0 Å². The Bertz CT molecular complexity index is 419. The molecule has 0 radical (unpaired) electrons. The van der Waals surface area contributed by atoms with Gasteiger partial charge in [-0.1, -0.05) is 0 Å². The minimum Gasteiger partial charge on any atom is -0.326 e. The molecule has 17 heavy (non-hydrogen) atoms. The first kappa shape index (κ1) is 12.5. The van der Waals surface area contributed by atoms with E-state index in [1.807, 2.05) is 0 Å². The zero-order valence-corrected chi connectivity index (χ0v) is 10.9. The lowest BCUT2D eigenvalue weighted by molar-refractivity contribution is -0.120. The summed E-state index contributed by atoms with van der Waals surface area (Å²) in [5.74, 6) is -0.255. The Morgan fingerprint density at radius 1 is 1.41 bits per heavy atom. The van der Waals surface area contributed by atoms with E-state index in [4.69, 9.17) is 0 Å². The number of amides is 1. The second-order valence-electron chi connectivity index (χ2n) is 4.14. The summed E-state index contributed by atoms with van der Waals surface area (Å²) in [6.07, 6.45) is 1.71. The summed E-state index contributed by atoms with van der Waals surface area (Å²) in [6.45, 7) is 1.76. The summed E-state index contributed by atoms with van der Waals surface area (Å²) >= 11 is 3.10. The van der Waals surface area contributed by atoms with Crippen LogP contribution in [-0.4, -0.2) is 19.0 Å². The van der Waals surface area contributed by atoms with Crippen molar-refractivity contribution in [3.8, 4) is 0 Å². The number of halogens is 2. The zero-order chi connectivity index (χ0) is 12.3. The lowest BCUT2D eigenvalue weighted by Crippen LogP contribution is -2.34. The van der Waals surface area contributed by atoms with E-state index < -0.39 is 0 Å². The molecule has 3 nitrogen and oxygen atoms in total. The van der Waals surface area contributed by atoms with Crippen molar-refractivity contribution in [3.05, 3.63) is 28.5 Å². The van der Waals surface area contributed by atoms with Crippen LogP contribution in [0.5, 0.6) is 0 Å². The van der Waals surface area contributed by atoms with Crippen molar-refractivity contribution in [2.75, 3.05) is 18.4 Å². The van der Waals surface area contributed by atoms with E-state index in [1.54, 1.807) is 12.1 Å². The average molecular weight is 301 g/mol. The van der Waals surface area contributed by atoms with Gasteiger partial charge in [-0.15, -0.1) is 0 Å². The van der Waals surface area contributed by atoms with E-state index in [0.29, 0.717) is 10.2 Å². The van der Waals surface area contributed by atoms with Crippen molar-refractivity contribution in [2.45, 2.75) is 12.8 Å². The van der Waals surface area contributed by atoms with Crippen LogP contribution in [0, 0.1) is 11.7 Å². The van der Waals surface area contributed by atoms with Gasteiger partial charge in [0.25, 0.3) is 0 Å². The number of carbonyl (C=O) groups is 1. The van der Waals surface area contributed by atoms with Crippen LogP contribution >= 0.6 is 15.9 Å². The number of carbonyl (C=O) groups excluding carboxylic acids is 1. The molecule has 92 valence electrons. The Morgan fingerprint density at radius 3 is 2.76 bits per heavy atom. The molecule has 0 spiro atoms. The first-order valence-corrected chi connectivity index (χ1v) is 6.43. The maximum atomic E-state index is 13.0. The fourth-order valence-corrected chi connectivity index (χ4v) is 2.28. The third-order valence-corrected chi connectivity index (χ3v) is 3.50. The molecule has 1 heterocycles. The number of anilines is 1. The number of nitrogens with one attached hydrogen (secondary N) is 2. The molecule has 1 aliphatic heterocycles. The van der Waals surface area contributed by atoms with Crippen molar-refractivity contribution < 1.29 is 9.18 Å². The van der Waals surface area contributed by atoms with Crippen LogP contribution in [0.2, 0.25) is 0 Å². The maximum absolute atomic E-state index is 13.0. The molecule has 2 rings (SSSR count). The smallest absolute Gasteiger partial charge is 0.227 e. The van der Waals surface area contributed by atoms with E-state index in [2.05, 4.69) is 26.6 Å². The molecule has 0 aromatic heterocycles. The van der Waals surface area contributed by atoms with Crippen molar-refractivity contribution in [2.24, 2.45) is 5.92 Å². The Morgan fingerprint density at radius 2 is 2.12 bits per heavy atom. The molecule has 1 amide bonds. The molecule has 2 N–H and O–H groups in total. The topological polar surface area (TPSA) is 41.1 Å². The van der Waals surface area contributed by atoms with Gasteiger partial charge in [0.2, 0.25) is 5.91 Å². The lowest BCUT2D eigenvalue weighted by atomic mass is 9.97. The van der Waals surface area contributed by atoms with Crippen molar-refractivity contribution in [3.63, 3.8) is 0 Å². The first-order chi connectivity index (χ1) is 8.16. The number of piperidine rings is 1. The van der Waals surface area contributed by atoms with Crippen LogP contribution < -0.4 is 10.6 Å². The van der Waals surface area contributed by atoms with Gasteiger partial charge in [0, 0.05) is 11.6 Å². The predicted molar refractivity (Wildman–Crippen MR) is 68.3 cm³/mol. The maximum Gasteiger partial charge on any atom is 0.227 e. The molecule has 0 saturated carbocycles. The minimum absolute atomic E-state index is 0.0185. The van der Waals surface area contributed by atoms with E-state index in [9.17, 15) is 9.18 Å². The molecular formula is C12H14BrFN2O. The summed E-state index contributed by atoms with van der Waals surface area (Å²) in [5.41, 5.74) is 0.627. The van der Waals surface area contributed by atoms with Gasteiger partial charge in [-0.05, 0) is 60.1 Å². The SMILES string of the molecule is O=C(Nc1ccc(F)c(Br)c1)C1CCNCC1. The number of benzene rings is 1. The van der Waals surface area contributed by atoms with Gasteiger partial charge in [-0.3, -0.25) is 4.79 Å². The van der Waals surface area contributed by atoms with E-state index >= 15 is 0 Å². The fourth-order valence-electron chi connectivity index (χ4n) is 1.90. The molecular weight excluding hydrogens is 287 g/mol. The Kier molecular flexibility index (Phi) is 4.12. The molecule has 1 aliphatic rings. The van der Waals surface area contributed by atoms with Gasteiger partial charge in [-0.25, -0.2) is 4.39 Å². The molecule has 1 fully saturated rings. The summed E-state index contributed by atoms with van der Waals surface area (Å²) in [6, 6.07) is 4.48. The van der Waals surface area contributed by atoms with Gasteiger partial charge in [0.1, 0.15) is 5.82 Å². The van der Waals surface area contributed by atoms with E-state index in [1.165, 1.54) is 6.07 Å². The summed E-state index contributed by atoms with van der Waals surface area (Å²) in [7, 11) is 0. The normalized spacial score (nSPS) is 16.8. The molecule has 1 saturated heterocycles. The number of rotatable bonds is 2. The highest BCUT2D eigenvalue weighted by atomic mass is 79.9. The summed E-state index contributed by atoms with van der Waals surface area (Å²) < 4.78 is 13.4. The van der Waals surface area contributed by atoms with E-state index in [0.717, 1.165) is 25.9 Å². The van der Waals surface area contributed by atoms with Crippen LogP contribution in [-0.2, 0) is 4.79 Å². The molecule has 0 atom stereocenters. The molecule has 0 bridgehead atoms. The minimum atomic E-state index is -0.329. The predicted octanol–water partition coefficient (Wildman–Crippen LogP) is 2.53. The van der Waals surface area contributed by atoms with Crippen molar-refractivity contribution >= 4 is 27.5 Å². The van der Waals surface area contributed by atoms with Crippen LogP contribution in [0.4, 0.5) is 10.1 Å². The highest BCUT2D eigenvalue weighted by molar-refractivity contribution is 9.10. The standard InChI is InChI=1S/C12H14BrFN2O/c13-10-7-9(1-2-11(10)14)16-12(17)8-3-5-15-6-4-8/h1-2,7-8,15H,3-6H2,(H,16,17). The van der Waals surface area contributed by atoms with Gasteiger partial charge in [0.15, 0.2) is 0 Å². The number of hydrogen-bond acceptors (Lipinski definition) is 2. The van der Waals surface area contributed by atoms with Crippen LogP contribution in [0.3, 0.4) is 0 Å². The van der Waals surface area contributed by atoms with Gasteiger partial charge < -0.3 is 10.6 Å². The highest BCUT2D eigenvalue weighted by Gasteiger charge is 2.20. The zero-order valence-electron chi connectivity index (χ0n) is 9.30. The molecule has 1 aromatic rings. The van der Waals surface area contributed by atoms with Crippen LogP contribution in [0.1, 0.15) is 12.8 Å². The highest BCUT2D eigenvalue weighted by Crippen LogP contribution is 2.21. The largest absolute Gasteiger partial charge is 0.326 e. The lowest BCUT2D eigenvalue weighted by Gasteiger charge is -2.21. The third-order valence-electron chi connectivity index (χ3n) is 2.90. The molecule has 1 aromatic carbocycles. The molecule has 0 aliphatic carbocycles. The van der Waals surface area contributed by atoms with Gasteiger partial charge in [-0.2, -0.15) is 0 Å². The quantitative estimate of drug-likeness (QED) is 0.881. The van der Waals surface area contributed by atoms with Crippen molar-refractivity contribution in [1.82, 2.24) is 5.32 Å². The number of hydrogen-bond donors (Lipinski definition) is 2.